The third-order valence-corrected chi connectivity index (χ3v) is 3.92. The molecular weight excluding hydrogens is 350 g/mol. The number of pyridine rings is 1. The van der Waals surface area contributed by atoms with E-state index in [0.717, 1.165) is 39.4 Å². The minimum atomic E-state index is -0.619. The van der Waals surface area contributed by atoms with Crippen molar-refractivity contribution in [2.45, 2.75) is 6.54 Å². The van der Waals surface area contributed by atoms with E-state index in [9.17, 15) is 19.7 Å². The average Bonchev–Trinajstić information content (AvgIpc) is 2.67. The first kappa shape index (κ1) is 18.1. The van der Waals surface area contributed by atoms with Crippen molar-refractivity contribution in [1.82, 2.24) is 9.88 Å². The van der Waals surface area contributed by atoms with E-state index < -0.39 is 16.4 Å². The van der Waals surface area contributed by atoms with Gasteiger partial charge in [-0.2, -0.15) is 0 Å². The van der Waals surface area contributed by atoms with Crippen LogP contribution in [0.1, 0.15) is 0 Å². The average molecular weight is 367 g/mol. The van der Waals surface area contributed by atoms with Crippen molar-refractivity contribution in [3.63, 3.8) is 0 Å². The molecular formula is C19H17N3O5. The molecule has 0 radical (unpaired) electrons. The molecule has 3 aromatic rings. The Bertz CT molecular complexity index is 1040. The van der Waals surface area contributed by atoms with E-state index >= 15 is 0 Å². The molecule has 0 aliphatic rings. The second kappa shape index (κ2) is 8.13. The number of rotatable bonds is 7. The van der Waals surface area contributed by atoms with E-state index in [4.69, 9.17) is 4.74 Å². The molecule has 0 fully saturated rings. The summed E-state index contributed by atoms with van der Waals surface area (Å²) in [6, 6.07) is 15.7. The molecule has 138 valence electrons. The Kier molecular flexibility index (Phi) is 5.46. The SMILES string of the molecule is O=C(Cn1cc([N+](=O)[O-])ccc1=O)NCCOc1cccc2ccccc12. The van der Waals surface area contributed by atoms with Gasteiger partial charge in [0.05, 0.1) is 17.7 Å². The van der Waals surface area contributed by atoms with E-state index in [1.807, 2.05) is 42.5 Å². The highest BCUT2D eigenvalue weighted by molar-refractivity contribution is 5.88. The number of ether oxygens (including phenoxy) is 1. The van der Waals surface area contributed by atoms with Crippen molar-refractivity contribution in [3.05, 3.63) is 81.3 Å². The quantitative estimate of drug-likeness (QED) is 0.391. The summed E-state index contributed by atoms with van der Waals surface area (Å²) in [6.45, 7) is 0.199. The number of benzene rings is 2. The minimum absolute atomic E-state index is 0.242. The zero-order valence-corrected chi connectivity index (χ0v) is 14.3. The van der Waals surface area contributed by atoms with Crippen molar-refractivity contribution in [3.8, 4) is 5.75 Å². The molecule has 0 saturated carbocycles. The first-order valence-corrected chi connectivity index (χ1v) is 8.27. The number of carbonyl (C=O) groups is 1. The number of nitrogens with zero attached hydrogens (tertiary/aromatic N) is 2. The Balaban J connectivity index is 1.54. The van der Waals surface area contributed by atoms with Crippen LogP contribution < -0.4 is 15.6 Å². The molecule has 0 spiro atoms. The Hall–Kier alpha value is -3.68. The fraction of sp³-hybridized carbons (Fsp3) is 0.158. The lowest BCUT2D eigenvalue weighted by atomic mass is 10.1. The van der Waals surface area contributed by atoms with Crippen molar-refractivity contribution in [2.24, 2.45) is 0 Å². The smallest absolute Gasteiger partial charge is 0.285 e. The summed E-state index contributed by atoms with van der Waals surface area (Å²) in [5, 5.41) is 15.4. The largest absolute Gasteiger partial charge is 0.491 e. The molecule has 0 unspecified atom stereocenters. The van der Waals surface area contributed by atoms with Crippen LogP contribution in [0, 0.1) is 10.1 Å². The van der Waals surface area contributed by atoms with Gasteiger partial charge in [0, 0.05) is 17.5 Å². The Labute approximate surface area is 154 Å². The van der Waals surface area contributed by atoms with E-state index in [2.05, 4.69) is 5.32 Å². The molecule has 1 heterocycles. The molecule has 0 aliphatic heterocycles. The molecule has 0 saturated heterocycles. The van der Waals surface area contributed by atoms with Crippen LogP contribution in [0.3, 0.4) is 0 Å². The first-order chi connectivity index (χ1) is 13.0. The maximum absolute atomic E-state index is 12.0. The van der Waals surface area contributed by atoms with Crippen LogP contribution in [-0.2, 0) is 11.3 Å². The highest BCUT2D eigenvalue weighted by atomic mass is 16.6. The monoisotopic (exact) mass is 367 g/mol. The standard InChI is InChI=1S/C19H17N3O5/c23-18(13-21-12-15(22(25)26)8-9-19(21)24)20-10-11-27-17-7-3-5-14-4-1-2-6-16(14)17/h1-9,12H,10-11,13H2,(H,20,23). The summed E-state index contributed by atoms with van der Waals surface area (Å²) in [5.41, 5.74) is -0.732. The minimum Gasteiger partial charge on any atom is -0.491 e. The van der Waals surface area contributed by atoms with Crippen molar-refractivity contribution in [1.29, 1.82) is 0 Å². The molecule has 0 bridgehead atoms. The van der Waals surface area contributed by atoms with Crippen LogP contribution in [0.2, 0.25) is 0 Å². The number of hydrogen-bond acceptors (Lipinski definition) is 5. The Morgan fingerprint density at radius 1 is 1.11 bits per heavy atom. The first-order valence-electron chi connectivity index (χ1n) is 8.27. The molecule has 0 atom stereocenters. The number of nitrogens with one attached hydrogen (secondary N) is 1. The molecule has 3 rings (SSSR count). The van der Waals surface area contributed by atoms with Crippen LogP contribution in [0.5, 0.6) is 5.75 Å². The third kappa shape index (κ3) is 4.49. The van der Waals surface area contributed by atoms with Gasteiger partial charge in [-0.15, -0.1) is 0 Å². The number of aromatic nitrogens is 1. The van der Waals surface area contributed by atoms with Gasteiger partial charge in [0.15, 0.2) is 0 Å². The fourth-order valence-corrected chi connectivity index (χ4v) is 2.63. The van der Waals surface area contributed by atoms with E-state index in [-0.39, 0.29) is 25.4 Å². The highest BCUT2D eigenvalue weighted by Gasteiger charge is 2.10. The molecule has 8 heteroatoms. The van der Waals surface area contributed by atoms with Crippen molar-refractivity contribution < 1.29 is 14.5 Å². The molecule has 27 heavy (non-hydrogen) atoms. The number of hydrogen-bond donors (Lipinski definition) is 1. The van der Waals surface area contributed by atoms with Crippen LogP contribution in [0.15, 0.2) is 65.6 Å². The van der Waals surface area contributed by atoms with Gasteiger partial charge in [-0.1, -0.05) is 36.4 Å². The van der Waals surface area contributed by atoms with Crippen LogP contribution in [-0.4, -0.2) is 28.5 Å². The van der Waals surface area contributed by atoms with Crippen LogP contribution >= 0.6 is 0 Å². The maximum Gasteiger partial charge on any atom is 0.285 e. The van der Waals surface area contributed by atoms with Gasteiger partial charge < -0.3 is 10.1 Å². The topological polar surface area (TPSA) is 103 Å². The zero-order valence-electron chi connectivity index (χ0n) is 14.3. The van der Waals surface area contributed by atoms with E-state index in [1.165, 1.54) is 0 Å². The third-order valence-electron chi connectivity index (χ3n) is 3.92. The van der Waals surface area contributed by atoms with Crippen molar-refractivity contribution in [2.75, 3.05) is 13.2 Å². The van der Waals surface area contributed by atoms with Gasteiger partial charge in [-0.05, 0) is 11.5 Å². The Morgan fingerprint density at radius 2 is 1.89 bits per heavy atom. The van der Waals surface area contributed by atoms with Crippen LogP contribution in [0.25, 0.3) is 10.8 Å². The predicted octanol–water partition coefficient (Wildman–Crippen LogP) is 2.10. The summed E-state index contributed by atoms with van der Waals surface area (Å²) >= 11 is 0. The molecule has 8 nitrogen and oxygen atoms in total. The lowest BCUT2D eigenvalue weighted by Gasteiger charge is -2.10. The second-order valence-corrected chi connectivity index (χ2v) is 5.79. The molecule has 1 amide bonds. The summed E-state index contributed by atoms with van der Waals surface area (Å²) in [6.07, 6.45) is 1.05. The van der Waals surface area contributed by atoms with Gasteiger partial charge in [-0.25, -0.2) is 0 Å². The lowest BCUT2D eigenvalue weighted by Crippen LogP contribution is -2.34. The number of fused-ring (bicyclic) bond motifs is 1. The summed E-state index contributed by atoms with van der Waals surface area (Å²) in [7, 11) is 0. The van der Waals surface area contributed by atoms with Gasteiger partial charge in [0.25, 0.3) is 11.2 Å². The number of amides is 1. The fourth-order valence-electron chi connectivity index (χ4n) is 2.63. The van der Waals surface area contributed by atoms with Crippen molar-refractivity contribution >= 4 is 22.4 Å². The van der Waals surface area contributed by atoms with Crippen LogP contribution in [0.4, 0.5) is 5.69 Å². The lowest BCUT2D eigenvalue weighted by molar-refractivity contribution is -0.385. The summed E-state index contributed by atoms with van der Waals surface area (Å²) < 4.78 is 6.72. The maximum atomic E-state index is 12.0. The second-order valence-electron chi connectivity index (χ2n) is 5.79. The van der Waals surface area contributed by atoms with E-state index in [1.54, 1.807) is 0 Å². The number of carbonyl (C=O) groups excluding carboxylic acids is 1. The Morgan fingerprint density at radius 3 is 2.70 bits per heavy atom. The highest BCUT2D eigenvalue weighted by Crippen LogP contribution is 2.24. The molecule has 1 N–H and O–H groups in total. The van der Waals surface area contributed by atoms with Gasteiger partial charge in [0.1, 0.15) is 18.9 Å². The summed E-state index contributed by atoms with van der Waals surface area (Å²) in [4.78, 5) is 33.8. The zero-order chi connectivity index (χ0) is 19.2. The molecule has 2 aromatic carbocycles. The molecule has 0 aliphatic carbocycles. The molecule has 1 aromatic heterocycles. The van der Waals surface area contributed by atoms with Gasteiger partial charge >= 0.3 is 0 Å². The normalized spacial score (nSPS) is 10.5. The predicted molar refractivity (Wildman–Crippen MR) is 99.8 cm³/mol. The van der Waals surface area contributed by atoms with Gasteiger partial charge in [0.2, 0.25) is 5.91 Å². The van der Waals surface area contributed by atoms with E-state index in [0.29, 0.717) is 0 Å². The summed E-state index contributed by atoms with van der Waals surface area (Å²) in [5.74, 6) is 0.288. The number of nitro groups is 1. The van der Waals surface area contributed by atoms with Gasteiger partial charge in [-0.3, -0.25) is 24.3 Å².